The van der Waals surface area contributed by atoms with Crippen LogP contribution in [0.1, 0.15) is 35.2 Å². The lowest BCUT2D eigenvalue weighted by Crippen LogP contribution is -2.16. The fourth-order valence-electron chi connectivity index (χ4n) is 2.90. The molecular formula is C17H20FN3O4S. The number of benzene rings is 1. The van der Waals surface area contributed by atoms with E-state index in [1.165, 1.54) is 32.5 Å². The van der Waals surface area contributed by atoms with Gasteiger partial charge in [-0.3, -0.25) is 4.79 Å². The van der Waals surface area contributed by atoms with Gasteiger partial charge in [0.05, 0.1) is 28.6 Å². The van der Waals surface area contributed by atoms with Gasteiger partial charge in [0.15, 0.2) is 11.5 Å². The van der Waals surface area contributed by atoms with Gasteiger partial charge in [0, 0.05) is 18.6 Å². The summed E-state index contributed by atoms with van der Waals surface area (Å²) in [5, 5.41) is 13.7. The van der Waals surface area contributed by atoms with Crippen LogP contribution in [-0.4, -0.2) is 43.5 Å². The summed E-state index contributed by atoms with van der Waals surface area (Å²) in [7, 11) is 0.239. The van der Waals surface area contributed by atoms with E-state index in [2.05, 4.69) is 9.46 Å². The number of ether oxygens (including phenoxy) is 1. The number of carbonyl (C=O) groups is 1. The first-order valence-electron chi connectivity index (χ1n) is 8.21. The summed E-state index contributed by atoms with van der Waals surface area (Å²) in [6, 6.07) is 2.67. The molecule has 2 heterocycles. The number of hydrogen-bond donors (Lipinski definition) is 1. The molecule has 1 aliphatic heterocycles. The van der Waals surface area contributed by atoms with E-state index in [-0.39, 0.29) is 28.4 Å². The largest absolute Gasteiger partial charge is 0.494 e. The summed E-state index contributed by atoms with van der Waals surface area (Å²) < 4.78 is 38.4. The predicted octanol–water partition coefficient (Wildman–Crippen LogP) is 2.79. The number of rotatable bonds is 4. The number of carbonyl (C=O) groups excluding carboxylic acids is 1. The van der Waals surface area contributed by atoms with Crippen molar-refractivity contribution in [3.8, 4) is 11.6 Å². The zero-order valence-corrected chi connectivity index (χ0v) is 15.4. The van der Waals surface area contributed by atoms with Gasteiger partial charge in [0.1, 0.15) is 11.3 Å². The van der Waals surface area contributed by atoms with Gasteiger partial charge in [-0.25, -0.2) is 13.3 Å². The van der Waals surface area contributed by atoms with Crippen LogP contribution >= 0.6 is 0 Å². The zero-order chi connectivity index (χ0) is 18.9. The Balaban J connectivity index is 2.12. The summed E-state index contributed by atoms with van der Waals surface area (Å²) >= 11 is 0. The van der Waals surface area contributed by atoms with Crippen LogP contribution in [0, 0.1) is 5.82 Å². The molecule has 2 aromatic rings. The lowest BCUT2D eigenvalue weighted by Gasteiger charge is -2.16. The summed E-state index contributed by atoms with van der Waals surface area (Å²) in [6.07, 6.45) is 3.69. The topological polar surface area (TPSA) is 93.8 Å². The standard InChI is InChI=1S/C17H20FN3O4S/c1-21-17(23)12(10-19-21)16(22)11-6-7-13(25-2)15(14(11)18)20-26(24)8-4-3-5-9-26/h6-7,10,23H,3-5,8-9H2,1-2H3. The molecule has 0 bridgehead atoms. The first-order valence-corrected chi connectivity index (χ1v) is 10.1. The third kappa shape index (κ3) is 3.31. The molecule has 0 amide bonds. The van der Waals surface area contributed by atoms with Crippen molar-refractivity contribution in [3.05, 3.63) is 35.3 Å². The first kappa shape index (κ1) is 18.4. The monoisotopic (exact) mass is 381 g/mol. The molecule has 3 rings (SSSR count). The number of ketones is 1. The Bertz CT molecular complexity index is 965. The van der Waals surface area contributed by atoms with Crippen LogP contribution in [-0.2, 0) is 16.8 Å². The molecule has 0 radical (unpaired) electrons. The van der Waals surface area contributed by atoms with Crippen molar-refractivity contribution in [2.75, 3.05) is 18.6 Å². The maximum absolute atomic E-state index is 15.1. The van der Waals surface area contributed by atoms with Crippen LogP contribution < -0.4 is 4.74 Å². The minimum Gasteiger partial charge on any atom is -0.494 e. The molecule has 0 unspecified atom stereocenters. The highest BCUT2D eigenvalue weighted by atomic mass is 32.2. The molecule has 1 N–H and O–H groups in total. The van der Waals surface area contributed by atoms with Crippen molar-refractivity contribution in [2.45, 2.75) is 19.3 Å². The Morgan fingerprint density at radius 1 is 1.31 bits per heavy atom. The average Bonchev–Trinajstić information content (AvgIpc) is 2.96. The summed E-state index contributed by atoms with van der Waals surface area (Å²) in [5.74, 6) is -1.09. The Morgan fingerprint density at radius 3 is 2.58 bits per heavy atom. The Labute approximate surface area is 151 Å². The second-order valence-corrected chi connectivity index (χ2v) is 8.69. The van der Waals surface area contributed by atoms with Crippen LogP contribution in [0.2, 0.25) is 0 Å². The van der Waals surface area contributed by atoms with Crippen LogP contribution in [0.4, 0.5) is 10.1 Å². The number of aryl methyl sites for hydroxylation is 1. The van der Waals surface area contributed by atoms with Crippen LogP contribution in [0.15, 0.2) is 22.7 Å². The van der Waals surface area contributed by atoms with Gasteiger partial charge in [0.25, 0.3) is 0 Å². The van der Waals surface area contributed by atoms with E-state index >= 15 is 4.39 Å². The minimum absolute atomic E-state index is 0.114. The van der Waals surface area contributed by atoms with Gasteiger partial charge in [0.2, 0.25) is 11.7 Å². The predicted molar refractivity (Wildman–Crippen MR) is 95.1 cm³/mol. The average molecular weight is 381 g/mol. The number of halogens is 1. The summed E-state index contributed by atoms with van der Waals surface area (Å²) in [6.45, 7) is 0. The maximum Gasteiger partial charge on any atom is 0.220 e. The fourth-order valence-corrected chi connectivity index (χ4v) is 5.10. The molecule has 0 saturated carbocycles. The van der Waals surface area contributed by atoms with Crippen molar-refractivity contribution in [1.29, 1.82) is 0 Å². The molecule has 0 spiro atoms. The Morgan fingerprint density at radius 2 is 2.00 bits per heavy atom. The quantitative estimate of drug-likeness (QED) is 0.822. The van der Waals surface area contributed by atoms with Gasteiger partial charge in [-0.15, -0.1) is 0 Å². The molecular weight excluding hydrogens is 361 g/mol. The molecule has 0 aliphatic carbocycles. The molecule has 0 atom stereocenters. The van der Waals surface area contributed by atoms with Crippen molar-refractivity contribution >= 4 is 21.2 Å². The van der Waals surface area contributed by atoms with E-state index in [1.807, 2.05) is 0 Å². The molecule has 1 fully saturated rings. The lowest BCUT2D eigenvalue weighted by atomic mass is 10.0. The van der Waals surface area contributed by atoms with Crippen molar-refractivity contribution in [2.24, 2.45) is 11.4 Å². The summed E-state index contributed by atoms with van der Waals surface area (Å²) in [5.41, 5.74) is -0.621. The highest BCUT2D eigenvalue weighted by Crippen LogP contribution is 2.36. The normalized spacial score (nSPS) is 16.3. The van der Waals surface area contributed by atoms with Gasteiger partial charge in [-0.1, -0.05) is 6.42 Å². The van der Waals surface area contributed by atoms with Crippen LogP contribution in [0.3, 0.4) is 0 Å². The molecule has 9 heteroatoms. The lowest BCUT2D eigenvalue weighted by molar-refractivity contribution is 0.103. The molecule has 7 nitrogen and oxygen atoms in total. The highest BCUT2D eigenvalue weighted by Gasteiger charge is 2.25. The summed E-state index contributed by atoms with van der Waals surface area (Å²) in [4.78, 5) is 12.6. The number of hydrogen-bond acceptors (Lipinski definition) is 6. The zero-order valence-electron chi connectivity index (χ0n) is 14.6. The van der Waals surface area contributed by atoms with Crippen molar-refractivity contribution < 1.29 is 23.2 Å². The molecule has 1 aromatic heterocycles. The van der Waals surface area contributed by atoms with Crippen molar-refractivity contribution in [1.82, 2.24) is 9.78 Å². The van der Waals surface area contributed by atoms with Crippen molar-refractivity contribution in [3.63, 3.8) is 0 Å². The highest BCUT2D eigenvalue weighted by molar-refractivity contribution is 7.93. The van der Waals surface area contributed by atoms with Gasteiger partial charge < -0.3 is 9.84 Å². The van der Waals surface area contributed by atoms with E-state index in [1.54, 1.807) is 0 Å². The van der Waals surface area contributed by atoms with Crippen LogP contribution in [0.5, 0.6) is 11.6 Å². The number of aromatic hydroxyl groups is 1. The van der Waals surface area contributed by atoms with Gasteiger partial charge in [-0.05, 0) is 25.0 Å². The smallest absolute Gasteiger partial charge is 0.220 e. The third-order valence-corrected chi connectivity index (χ3v) is 6.75. The fraction of sp³-hybridized carbons (Fsp3) is 0.412. The van der Waals surface area contributed by atoms with Gasteiger partial charge in [-0.2, -0.15) is 9.46 Å². The Kier molecular flexibility index (Phi) is 4.99. The second-order valence-electron chi connectivity index (χ2n) is 6.15. The Hall–Kier alpha value is -2.42. The van der Waals surface area contributed by atoms with Gasteiger partial charge >= 0.3 is 0 Å². The van der Waals surface area contributed by atoms with E-state index in [0.717, 1.165) is 23.9 Å². The van der Waals surface area contributed by atoms with E-state index in [0.29, 0.717) is 11.5 Å². The minimum atomic E-state index is -2.58. The SMILES string of the molecule is COc1ccc(C(=O)c2cnn(C)c2O)c(F)c1N=S1(=O)CCCCC1. The van der Waals surface area contributed by atoms with E-state index in [4.69, 9.17) is 4.74 Å². The van der Waals surface area contributed by atoms with Crippen LogP contribution in [0.25, 0.3) is 0 Å². The molecule has 26 heavy (non-hydrogen) atoms. The number of methoxy groups -OCH3 is 1. The van der Waals surface area contributed by atoms with E-state index < -0.39 is 21.3 Å². The van der Waals surface area contributed by atoms with E-state index in [9.17, 15) is 14.1 Å². The molecule has 1 saturated heterocycles. The maximum atomic E-state index is 15.1. The molecule has 1 aromatic carbocycles. The molecule has 1 aliphatic rings. The number of aromatic nitrogens is 2. The number of nitrogens with zero attached hydrogens (tertiary/aromatic N) is 3. The molecule has 140 valence electrons. The third-order valence-electron chi connectivity index (χ3n) is 4.38. The first-order chi connectivity index (χ1) is 12.4. The second kappa shape index (κ2) is 7.06.